The van der Waals surface area contributed by atoms with E-state index in [1.165, 1.54) is 11.0 Å². The highest BCUT2D eigenvalue weighted by Gasteiger charge is 2.39. The summed E-state index contributed by atoms with van der Waals surface area (Å²) in [6.45, 7) is 0.778. The van der Waals surface area contributed by atoms with Crippen LogP contribution in [0.4, 0.5) is 0 Å². The van der Waals surface area contributed by atoms with Crippen molar-refractivity contribution < 1.29 is 19.2 Å². The SMILES string of the molecule is O=C=NCCCCC#Cc1cccc2c1CN(C1CCC(=O)NC1=O)C2=O. The number of hydrogen-bond donors (Lipinski definition) is 1. The lowest BCUT2D eigenvalue weighted by Crippen LogP contribution is -2.52. The maximum atomic E-state index is 12.7. The first-order chi connectivity index (χ1) is 13.1. The second-order valence-corrected chi connectivity index (χ2v) is 6.46. The third-order valence-corrected chi connectivity index (χ3v) is 4.69. The van der Waals surface area contributed by atoms with Gasteiger partial charge < -0.3 is 4.90 Å². The van der Waals surface area contributed by atoms with Gasteiger partial charge in [-0.25, -0.2) is 9.79 Å². The van der Waals surface area contributed by atoms with E-state index in [2.05, 4.69) is 22.2 Å². The molecule has 1 fully saturated rings. The number of fused-ring (bicyclic) bond motifs is 1. The van der Waals surface area contributed by atoms with Crippen LogP contribution >= 0.6 is 0 Å². The zero-order valence-corrected chi connectivity index (χ0v) is 14.8. The zero-order chi connectivity index (χ0) is 19.2. The van der Waals surface area contributed by atoms with Gasteiger partial charge in [0, 0.05) is 30.5 Å². The Morgan fingerprint density at radius 2 is 2.07 bits per heavy atom. The van der Waals surface area contributed by atoms with Crippen LogP contribution in [-0.4, -0.2) is 41.3 Å². The lowest BCUT2D eigenvalue weighted by molar-refractivity contribution is -0.136. The maximum Gasteiger partial charge on any atom is 0.255 e. The number of amides is 3. The Labute approximate surface area is 156 Å². The molecule has 1 saturated heterocycles. The topological polar surface area (TPSA) is 95.9 Å². The van der Waals surface area contributed by atoms with Crippen LogP contribution in [0.1, 0.15) is 53.6 Å². The van der Waals surface area contributed by atoms with Gasteiger partial charge in [-0.15, -0.1) is 0 Å². The number of carbonyl (C=O) groups is 3. The first kappa shape index (κ1) is 18.6. The number of imide groups is 1. The van der Waals surface area contributed by atoms with Crippen molar-refractivity contribution in [3.63, 3.8) is 0 Å². The first-order valence-electron chi connectivity index (χ1n) is 8.91. The number of nitrogens with zero attached hydrogens (tertiary/aromatic N) is 2. The minimum atomic E-state index is -0.623. The number of carbonyl (C=O) groups excluding carboxylic acids is 4. The molecule has 0 bridgehead atoms. The number of piperidine rings is 1. The molecule has 2 aliphatic heterocycles. The zero-order valence-electron chi connectivity index (χ0n) is 14.8. The van der Waals surface area contributed by atoms with Crippen molar-refractivity contribution >= 4 is 23.8 Å². The first-order valence-corrected chi connectivity index (χ1v) is 8.91. The summed E-state index contributed by atoms with van der Waals surface area (Å²) < 4.78 is 0. The Morgan fingerprint density at radius 3 is 2.85 bits per heavy atom. The quantitative estimate of drug-likeness (QED) is 0.280. The van der Waals surface area contributed by atoms with Gasteiger partial charge >= 0.3 is 0 Å². The van der Waals surface area contributed by atoms with Gasteiger partial charge in [0.2, 0.25) is 17.9 Å². The second kappa shape index (κ2) is 8.43. The second-order valence-electron chi connectivity index (χ2n) is 6.46. The van der Waals surface area contributed by atoms with Crippen molar-refractivity contribution in [1.29, 1.82) is 0 Å². The van der Waals surface area contributed by atoms with Gasteiger partial charge in [-0.2, -0.15) is 0 Å². The number of nitrogens with one attached hydrogen (secondary N) is 1. The van der Waals surface area contributed by atoms with E-state index in [4.69, 9.17) is 0 Å². The molecule has 7 heteroatoms. The van der Waals surface area contributed by atoms with Gasteiger partial charge in [0.25, 0.3) is 5.91 Å². The molecule has 1 aromatic carbocycles. The summed E-state index contributed by atoms with van der Waals surface area (Å²) in [5.41, 5.74) is 2.17. The molecule has 27 heavy (non-hydrogen) atoms. The predicted octanol–water partition coefficient (Wildman–Crippen LogP) is 1.31. The fraction of sp³-hybridized carbons (Fsp3) is 0.400. The normalized spacial score (nSPS) is 18.3. The van der Waals surface area contributed by atoms with E-state index in [9.17, 15) is 19.2 Å². The van der Waals surface area contributed by atoms with Crippen molar-refractivity contribution in [2.45, 2.75) is 44.7 Å². The molecule has 0 aliphatic carbocycles. The van der Waals surface area contributed by atoms with Crippen LogP contribution in [0.25, 0.3) is 0 Å². The minimum Gasteiger partial charge on any atom is -0.322 e. The number of hydrogen-bond acceptors (Lipinski definition) is 5. The molecule has 0 aromatic heterocycles. The highest BCUT2D eigenvalue weighted by atomic mass is 16.2. The van der Waals surface area contributed by atoms with Gasteiger partial charge in [0.05, 0.1) is 6.54 Å². The fourth-order valence-corrected chi connectivity index (χ4v) is 3.31. The summed E-state index contributed by atoms with van der Waals surface area (Å²) in [6.07, 6.45) is 4.36. The Bertz CT molecular complexity index is 890. The van der Waals surface area contributed by atoms with Crippen molar-refractivity contribution in [2.24, 2.45) is 4.99 Å². The molecule has 1 N–H and O–H groups in total. The van der Waals surface area contributed by atoms with E-state index in [1.807, 2.05) is 6.07 Å². The number of benzene rings is 1. The van der Waals surface area contributed by atoms with Crippen LogP contribution in [0.3, 0.4) is 0 Å². The van der Waals surface area contributed by atoms with Crippen LogP contribution in [-0.2, 0) is 20.9 Å². The molecule has 138 valence electrons. The van der Waals surface area contributed by atoms with Crippen LogP contribution in [0, 0.1) is 11.8 Å². The summed E-state index contributed by atoms with van der Waals surface area (Å²) in [4.78, 5) is 51.2. The average Bonchev–Trinajstić information content (AvgIpc) is 2.98. The summed E-state index contributed by atoms with van der Waals surface area (Å²) in [5.74, 6) is 5.28. The third-order valence-electron chi connectivity index (χ3n) is 4.69. The van der Waals surface area contributed by atoms with E-state index in [-0.39, 0.29) is 18.2 Å². The van der Waals surface area contributed by atoms with Gasteiger partial charge in [0.1, 0.15) is 6.04 Å². The Hall–Kier alpha value is -3.23. The standard InChI is InChI=1S/C20H19N3O4/c24-13-21-11-4-2-1-3-6-14-7-5-8-15-16(14)12-23(20(15)27)17-9-10-18(25)22-19(17)26/h5,7-8,17H,1-2,4,9-12H2,(H,22,25,26). The average molecular weight is 365 g/mol. The molecule has 0 saturated carbocycles. The van der Waals surface area contributed by atoms with E-state index in [0.29, 0.717) is 31.5 Å². The van der Waals surface area contributed by atoms with Crippen LogP contribution < -0.4 is 5.32 Å². The summed E-state index contributed by atoms with van der Waals surface area (Å²) in [6, 6.07) is 4.77. The third kappa shape index (κ3) is 4.13. The lowest BCUT2D eigenvalue weighted by Gasteiger charge is -2.29. The fourth-order valence-electron chi connectivity index (χ4n) is 3.31. The largest absolute Gasteiger partial charge is 0.322 e. The van der Waals surface area contributed by atoms with Crippen LogP contribution in [0.15, 0.2) is 23.2 Å². The van der Waals surface area contributed by atoms with Crippen molar-refractivity contribution in [3.05, 3.63) is 34.9 Å². The van der Waals surface area contributed by atoms with Gasteiger partial charge in [-0.3, -0.25) is 19.7 Å². The van der Waals surface area contributed by atoms with E-state index >= 15 is 0 Å². The molecule has 2 aliphatic rings. The maximum absolute atomic E-state index is 12.7. The molecular weight excluding hydrogens is 346 g/mol. The molecule has 1 atom stereocenters. The van der Waals surface area contributed by atoms with Crippen LogP contribution in [0.2, 0.25) is 0 Å². The molecule has 1 aromatic rings. The van der Waals surface area contributed by atoms with Gasteiger partial charge in [-0.05, 0) is 37.0 Å². The molecule has 1 unspecified atom stereocenters. The summed E-state index contributed by atoms with van der Waals surface area (Å²) >= 11 is 0. The van der Waals surface area contributed by atoms with Crippen molar-refractivity contribution in [1.82, 2.24) is 10.2 Å². The van der Waals surface area contributed by atoms with E-state index in [1.54, 1.807) is 12.1 Å². The number of rotatable bonds is 5. The monoisotopic (exact) mass is 365 g/mol. The highest BCUT2D eigenvalue weighted by Crippen LogP contribution is 2.29. The Balaban J connectivity index is 1.70. The number of aliphatic imine (C=N–C) groups is 1. The molecule has 0 spiro atoms. The Kier molecular flexibility index (Phi) is 5.80. The molecule has 2 heterocycles. The lowest BCUT2D eigenvalue weighted by atomic mass is 10.0. The van der Waals surface area contributed by atoms with Crippen LogP contribution in [0.5, 0.6) is 0 Å². The molecular formula is C20H19N3O4. The van der Waals surface area contributed by atoms with E-state index < -0.39 is 11.9 Å². The highest BCUT2D eigenvalue weighted by molar-refractivity contribution is 6.05. The Morgan fingerprint density at radius 1 is 1.22 bits per heavy atom. The van der Waals surface area contributed by atoms with Gasteiger partial charge in [-0.1, -0.05) is 17.9 Å². The van der Waals surface area contributed by atoms with E-state index in [0.717, 1.165) is 24.0 Å². The van der Waals surface area contributed by atoms with Crippen molar-refractivity contribution in [2.75, 3.05) is 6.54 Å². The molecule has 3 rings (SSSR count). The molecule has 0 radical (unpaired) electrons. The summed E-state index contributed by atoms with van der Waals surface area (Å²) in [5, 5.41) is 2.30. The smallest absolute Gasteiger partial charge is 0.255 e. The molecule has 3 amide bonds. The number of unbranched alkanes of at least 4 members (excludes halogenated alkanes) is 2. The predicted molar refractivity (Wildman–Crippen MR) is 96.2 cm³/mol. The van der Waals surface area contributed by atoms with Crippen molar-refractivity contribution in [3.8, 4) is 11.8 Å². The summed E-state index contributed by atoms with van der Waals surface area (Å²) in [7, 11) is 0. The van der Waals surface area contributed by atoms with Gasteiger partial charge in [0.15, 0.2) is 0 Å². The number of isocyanates is 1. The minimum absolute atomic E-state index is 0.199. The molecule has 7 nitrogen and oxygen atoms in total.